The molecule has 0 aliphatic heterocycles. The van der Waals surface area contributed by atoms with E-state index in [2.05, 4.69) is 6.92 Å². The molecule has 0 saturated carbocycles. The van der Waals surface area contributed by atoms with E-state index in [-0.39, 0.29) is 19.0 Å². The molecule has 70 valence electrons. The van der Waals surface area contributed by atoms with Crippen LogP contribution in [0.5, 0.6) is 0 Å². The first kappa shape index (κ1) is 13.8. The third kappa shape index (κ3) is 8.11. The molecule has 0 aromatic rings. The molecule has 1 unspecified atom stereocenters. The van der Waals surface area contributed by atoms with Gasteiger partial charge in [0.1, 0.15) is 0 Å². The summed E-state index contributed by atoms with van der Waals surface area (Å²) in [6, 6.07) is 0. The molecular formula is C8H20ClNO. The average Bonchev–Trinajstić information content (AvgIpc) is 1.99. The quantitative estimate of drug-likeness (QED) is 0.611. The standard InChI is InChI=1S/C8H19NO.ClH/c1-2-3-4-5-8(6-9)7-10;/h8,10H,2-7,9H2,1H3;1H. The molecule has 0 radical (unpaired) electrons. The molecule has 0 amide bonds. The third-order valence-electron chi connectivity index (χ3n) is 1.81. The lowest BCUT2D eigenvalue weighted by Crippen LogP contribution is -2.17. The van der Waals surface area contributed by atoms with Crippen LogP contribution in [0.15, 0.2) is 0 Å². The van der Waals surface area contributed by atoms with Gasteiger partial charge in [-0.05, 0) is 18.9 Å². The Morgan fingerprint density at radius 2 is 2.00 bits per heavy atom. The van der Waals surface area contributed by atoms with Crippen molar-refractivity contribution in [2.45, 2.75) is 32.6 Å². The van der Waals surface area contributed by atoms with Gasteiger partial charge in [-0.2, -0.15) is 0 Å². The van der Waals surface area contributed by atoms with Crippen molar-refractivity contribution in [2.75, 3.05) is 13.2 Å². The Kier molecular flexibility index (Phi) is 12.8. The zero-order chi connectivity index (χ0) is 7.82. The summed E-state index contributed by atoms with van der Waals surface area (Å²) in [5.74, 6) is 0.339. The smallest absolute Gasteiger partial charge is 0.0471 e. The van der Waals surface area contributed by atoms with Crippen LogP contribution in [-0.4, -0.2) is 18.3 Å². The number of halogens is 1. The van der Waals surface area contributed by atoms with E-state index in [9.17, 15) is 0 Å². The van der Waals surface area contributed by atoms with Gasteiger partial charge in [-0.3, -0.25) is 0 Å². The fourth-order valence-corrected chi connectivity index (χ4v) is 0.967. The first-order chi connectivity index (χ1) is 4.85. The highest BCUT2D eigenvalue weighted by Gasteiger charge is 2.02. The van der Waals surface area contributed by atoms with Crippen LogP contribution in [0.2, 0.25) is 0 Å². The van der Waals surface area contributed by atoms with Crippen molar-refractivity contribution in [3.05, 3.63) is 0 Å². The molecule has 0 rings (SSSR count). The van der Waals surface area contributed by atoms with Crippen molar-refractivity contribution in [3.63, 3.8) is 0 Å². The molecule has 2 nitrogen and oxygen atoms in total. The van der Waals surface area contributed by atoms with E-state index in [1.54, 1.807) is 0 Å². The molecule has 0 aliphatic rings. The Morgan fingerprint density at radius 1 is 1.36 bits per heavy atom. The molecule has 1 atom stereocenters. The highest BCUT2D eigenvalue weighted by molar-refractivity contribution is 5.85. The molecule has 0 aromatic carbocycles. The monoisotopic (exact) mass is 181 g/mol. The van der Waals surface area contributed by atoms with Gasteiger partial charge >= 0.3 is 0 Å². The van der Waals surface area contributed by atoms with Gasteiger partial charge in [0.15, 0.2) is 0 Å². The first-order valence-electron chi connectivity index (χ1n) is 4.16. The van der Waals surface area contributed by atoms with Gasteiger partial charge in [-0.1, -0.05) is 26.2 Å². The SMILES string of the molecule is CCCCCC(CN)CO.Cl. The second-order valence-electron chi connectivity index (χ2n) is 2.78. The zero-order valence-corrected chi connectivity index (χ0v) is 8.07. The number of aliphatic hydroxyl groups excluding tert-OH is 1. The number of hydrogen-bond acceptors (Lipinski definition) is 2. The van der Waals surface area contributed by atoms with Crippen molar-refractivity contribution in [1.29, 1.82) is 0 Å². The summed E-state index contributed by atoms with van der Waals surface area (Å²) in [4.78, 5) is 0. The van der Waals surface area contributed by atoms with Crippen LogP contribution in [0.1, 0.15) is 32.6 Å². The summed E-state index contributed by atoms with van der Waals surface area (Å²) in [7, 11) is 0. The maximum Gasteiger partial charge on any atom is 0.0471 e. The Bertz CT molecular complexity index is 67.1. The first-order valence-corrected chi connectivity index (χ1v) is 4.16. The Balaban J connectivity index is 0. The summed E-state index contributed by atoms with van der Waals surface area (Å²) in [5.41, 5.74) is 5.41. The van der Waals surface area contributed by atoms with Crippen molar-refractivity contribution in [2.24, 2.45) is 11.7 Å². The number of unbranched alkanes of at least 4 members (excludes halogenated alkanes) is 2. The molecule has 0 heterocycles. The van der Waals surface area contributed by atoms with E-state index in [1.807, 2.05) is 0 Å². The minimum atomic E-state index is 0. The van der Waals surface area contributed by atoms with Crippen molar-refractivity contribution in [1.82, 2.24) is 0 Å². The molecular weight excluding hydrogens is 162 g/mol. The minimum Gasteiger partial charge on any atom is -0.396 e. The minimum absolute atomic E-state index is 0. The molecule has 3 heteroatoms. The zero-order valence-electron chi connectivity index (χ0n) is 7.25. The summed E-state index contributed by atoms with van der Waals surface area (Å²) in [6.07, 6.45) is 4.79. The Hall–Kier alpha value is 0.210. The molecule has 3 N–H and O–H groups in total. The van der Waals surface area contributed by atoms with Crippen molar-refractivity contribution < 1.29 is 5.11 Å². The number of hydrogen-bond donors (Lipinski definition) is 2. The largest absolute Gasteiger partial charge is 0.396 e. The molecule has 11 heavy (non-hydrogen) atoms. The lowest BCUT2D eigenvalue weighted by Gasteiger charge is -2.09. The third-order valence-corrected chi connectivity index (χ3v) is 1.81. The molecule has 0 saturated heterocycles. The fraction of sp³-hybridized carbons (Fsp3) is 1.00. The predicted octanol–water partition coefficient (Wildman–Crippen LogP) is 1.56. The van der Waals surface area contributed by atoms with E-state index >= 15 is 0 Å². The second-order valence-corrected chi connectivity index (χ2v) is 2.78. The summed E-state index contributed by atoms with van der Waals surface area (Å²) in [5, 5.41) is 8.75. The highest BCUT2D eigenvalue weighted by atomic mass is 35.5. The average molecular weight is 182 g/mol. The number of rotatable bonds is 6. The number of aliphatic hydroxyl groups is 1. The van der Waals surface area contributed by atoms with E-state index in [0.717, 1.165) is 6.42 Å². The van der Waals surface area contributed by atoms with E-state index in [4.69, 9.17) is 10.8 Å². The molecule has 0 bridgehead atoms. The van der Waals surface area contributed by atoms with Gasteiger partial charge in [0.05, 0.1) is 0 Å². The topological polar surface area (TPSA) is 46.2 Å². The highest BCUT2D eigenvalue weighted by Crippen LogP contribution is 2.07. The molecule has 0 aromatic heterocycles. The lowest BCUT2D eigenvalue weighted by molar-refractivity contribution is 0.220. The van der Waals surface area contributed by atoms with Crippen LogP contribution in [0.4, 0.5) is 0 Å². The Labute approximate surface area is 75.6 Å². The van der Waals surface area contributed by atoms with Gasteiger partial charge in [-0.15, -0.1) is 12.4 Å². The predicted molar refractivity (Wildman–Crippen MR) is 51.0 cm³/mol. The van der Waals surface area contributed by atoms with Crippen LogP contribution in [0.3, 0.4) is 0 Å². The normalized spacial score (nSPS) is 12.3. The van der Waals surface area contributed by atoms with Crippen molar-refractivity contribution in [3.8, 4) is 0 Å². The molecule has 0 spiro atoms. The van der Waals surface area contributed by atoms with E-state index in [1.165, 1.54) is 19.3 Å². The van der Waals surface area contributed by atoms with Crippen LogP contribution >= 0.6 is 12.4 Å². The van der Waals surface area contributed by atoms with Crippen LogP contribution in [0.25, 0.3) is 0 Å². The molecule has 0 fully saturated rings. The summed E-state index contributed by atoms with van der Waals surface area (Å²) < 4.78 is 0. The summed E-state index contributed by atoms with van der Waals surface area (Å²) >= 11 is 0. The lowest BCUT2D eigenvalue weighted by atomic mass is 10.0. The van der Waals surface area contributed by atoms with Crippen LogP contribution in [-0.2, 0) is 0 Å². The molecule has 0 aliphatic carbocycles. The van der Waals surface area contributed by atoms with Crippen molar-refractivity contribution >= 4 is 12.4 Å². The van der Waals surface area contributed by atoms with Gasteiger partial charge in [0.25, 0.3) is 0 Å². The number of nitrogens with two attached hydrogens (primary N) is 1. The maximum atomic E-state index is 8.75. The second kappa shape index (κ2) is 10.2. The van der Waals surface area contributed by atoms with Crippen LogP contribution < -0.4 is 5.73 Å². The maximum absolute atomic E-state index is 8.75. The fourth-order valence-electron chi connectivity index (χ4n) is 0.967. The Morgan fingerprint density at radius 3 is 2.36 bits per heavy atom. The van der Waals surface area contributed by atoms with E-state index in [0.29, 0.717) is 12.5 Å². The van der Waals surface area contributed by atoms with Gasteiger partial charge in [-0.25, -0.2) is 0 Å². The van der Waals surface area contributed by atoms with Crippen LogP contribution in [0, 0.1) is 5.92 Å². The van der Waals surface area contributed by atoms with E-state index < -0.39 is 0 Å². The van der Waals surface area contributed by atoms with Gasteiger partial charge in [0, 0.05) is 6.61 Å². The van der Waals surface area contributed by atoms with Gasteiger partial charge in [0.2, 0.25) is 0 Å². The summed E-state index contributed by atoms with van der Waals surface area (Å²) in [6.45, 7) is 3.05. The van der Waals surface area contributed by atoms with Gasteiger partial charge < -0.3 is 10.8 Å².